The number of rotatable bonds is 4. The summed E-state index contributed by atoms with van der Waals surface area (Å²) in [5.41, 5.74) is 1.99. The third kappa shape index (κ3) is 2.10. The van der Waals surface area contributed by atoms with Gasteiger partial charge in [-0.15, -0.1) is 0 Å². The first-order valence-corrected chi connectivity index (χ1v) is 5.45. The molecule has 1 atom stereocenters. The molecule has 4 nitrogen and oxygen atoms in total. The molecule has 1 aromatic rings. The van der Waals surface area contributed by atoms with Crippen molar-refractivity contribution >= 4 is 11.7 Å². The lowest BCUT2D eigenvalue weighted by Gasteiger charge is -2.14. The molecule has 1 aliphatic heterocycles. The zero-order valence-corrected chi connectivity index (χ0v) is 9.19. The molecule has 1 aromatic carbocycles. The highest BCUT2D eigenvalue weighted by atomic mass is 16.5. The fourth-order valence-electron chi connectivity index (χ4n) is 1.82. The Bertz CT molecular complexity index is 403. The second-order valence-electron chi connectivity index (χ2n) is 3.86. The summed E-state index contributed by atoms with van der Waals surface area (Å²) in [5, 5.41) is 11.9. The van der Waals surface area contributed by atoms with Crippen LogP contribution < -0.4 is 10.1 Å². The standard InChI is InChI=1S/C12H15NO3/c1-2-10(12(14)15)13-9-3-4-11-8(7-9)5-6-16-11/h3-4,7,10,13H,2,5-6H2,1H3,(H,14,15). The second kappa shape index (κ2) is 4.43. The van der Waals surface area contributed by atoms with Crippen LogP contribution in [0.2, 0.25) is 0 Å². The van der Waals surface area contributed by atoms with E-state index in [9.17, 15) is 4.79 Å². The normalized spacial score (nSPS) is 15.1. The lowest BCUT2D eigenvalue weighted by atomic mass is 10.1. The van der Waals surface area contributed by atoms with Crippen LogP contribution in [0.15, 0.2) is 18.2 Å². The van der Waals surface area contributed by atoms with E-state index in [0.29, 0.717) is 6.42 Å². The minimum atomic E-state index is -0.820. The second-order valence-corrected chi connectivity index (χ2v) is 3.86. The van der Waals surface area contributed by atoms with Gasteiger partial charge in [-0.1, -0.05) is 6.92 Å². The molecule has 0 saturated heterocycles. The number of ether oxygens (including phenoxy) is 1. The third-order valence-electron chi connectivity index (χ3n) is 2.74. The summed E-state index contributed by atoms with van der Waals surface area (Å²) in [6, 6.07) is 5.18. The highest BCUT2D eigenvalue weighted by Gasteiger charge is 2.16. The molecule has 1 unspecified atom stereocenters. The molecular formula is C12H15NO3. The van der Waals surface area contributed by atoms with Gasteiger partial charge < -0.3 is 15.2 Å². The molecule has 0 fully saturated rings. The van der Waals surface area contributed by atoms with Gasteiger partial charge in [-0.05, 0) is 30.2 Å². The fourth-order valence-corrected chi connectivity index (χ4v) is 1.82. The zero-order valence-electron chi connectivity index (χ0n) is 9.19. The number of fused-ring (bicyclic) bond motifs is 1. The molecule has 0 aliphatic carbocycles. The van der Waals surface area contributed by atoms with Gasteiger partial charge in [-0.25, -0.2) is 4.79 Å². The molecule has 1 aliphatic rings. The van der Waals surface area contributed by atoms with Crippen LogP contribution >= 0.6 is 0 Å². The summed E-state index contributed by atoms with van der Waals surface area (Å²) in [5.74, 6) is 0.0909. The topological polar surface area (TPSA) is 58.6 Å². The van der Waals surface area contributed by atoms with Crippen molar-refractivity contribution < 1.29 is 14.6 Å². The molecule has 86 valence electrons. The van der Waals surface area contributed by atoms with Gasteiger partial charge in [0.05, 0.1) is 6.61 Å². The SMILES string of the molecule is CCC(Nc1ccc2c(c1)CCO2)C(=O)O. The number of hydrogen-bond donors (Lipinski definition) is 2. The summed E-state index contributed by atoms with van der Waals surface area (Å²) in [6.45, 7) is 2.57. The van der Waals surface area contributed by atoms with E-state index in [1.54, 1.807) is 0 Å². The minimum Gasteiger partial charge on any atom is -0.493 e. The lowest BCUT2D eigenvalue weighted by Crippen LogP contribution is -2.28. The van der Waals surface area contributed by atoms with Crippen molar-refractivity contribution in [1.29, 1.82) is 0 Å². The average Bonchev–Trinajstić information content (AvgIpc) is 2.72. The number of carboxylic acids is 1. The van der Waals surface area contributed by atoms with Crippen LogP contribution in [0.4, 0.5) is 5.69 Å². The van der Waals surface area contributed by atoms with Crippen molar-refractivity contribution in [2.45, 2.75) is 25.8 Å². The molecule has 2 N–H and O–H groups in total. The predicted octanol–water partition coefficient (Wildman–Crippen LogP) is 1.90. The first-order valence-electron chi connectivity index (χ1n) is 5.45. The Kier molecular flexibility index (Phi) is 2.99. The molecular weight excluding hydrogens is 206 g/mol. The maximum absolute atomic E-state index is 10.9. The van der Waals surface area contributed by atoms with Gasteiger partial charge in [0.1, 0.15) is 11.8 Å². The van der Waals surface area contributed by atoms with Crippen LogP contribution in [0, 0.1) is 0 Å². The van der Waals surface area contributed by atoms with Crippen LogP contribution in [-0.4, -0.2) is 23.7 Å². The molecule has 4 heteroatoms. The molecule has 2 rings (SSSR count). The Labute approximate surface area is 94.2 Å². The molecule has 0 bridgehead atoms. The van der Waals surface area contributed by atoms with Crippen molar-refractivity contribution in [3.63, 3.8) is 0 Å². The number of benzene rings is 1. The van der Waals surface area contributed by atoms with Crippen molar-refractivity contribution in [3.8, 4) is 5.75 Å². The fraction of sp³-hybridized carbons (Fsp3) is 0.417. The third-order valence-corrected chi connectivity index (χ3v) is 2.74. The van der Waals surface area contributed by atoms with E-state index in [-0.39, 0.29) is 0 Å². The Hall–Kier alpha value is -1.71. The van der Waals surface area contributed by atoms with Gasteiger partial charge in [0.15, 0.2) is 0 Å². The maximum Gasteiger partial charge on any atom is 0.326 e. The van der Waals surface area contributed by atoms with E-state index in [4.69, 9.17) is 9.84 Å². The highest BCUT2D eigenvalue weighted by molar-refractivity contribution is 5.77. The van der Waals surface area contributed by atoms with Gasteiger partial charge in [0.25, 0.3) is 0 Å². The van der Waals surface area contributed by atoms with Gasteiger partial charge in [-0.3, -0.25) is 0 Å². The summed E-state index contributed by atoms with van der Waals surface area (Å²) in [4.78, 5) is 10.9. The molecule has 1 heterocycles. The predicted molar refractivity (Wildman–Crippen MR) is 61.0 cm³/mol. The number of nitrogens with one attached hydrogen (secondary N) is 1. The van der Waals surface area contributed by atoms with Crippen molar-refractivity contribution in [2.75, 3.05) is 11.9 Å². The van der Waals surface area contributed by atoms with Crippen molar-refractivity contribution in [1.82, 2.24) is 0 Å². The molecule has 0 saturated carbocycles. The number of aliphatic carboxylic acids is 1. The zero-order chi connectivity index (χ0) is 11.5. The summed E-state index contributed by atoms with van der Waals surface area (Å²) < 4.78 is 5.39. The van der Waals surface area contributed by atoms with E-state index in [1.165, 1.54) is 0 Å². The van der Waals surface area contributed by atoms with Crippen molar-refractivity contribution in [2.24, 2.45) is 0 Å². The van der Waals surface area contributed by atoms with E-state index in [0.717, 1.165) is 30.0 Å². The Balaban J connectivity index is 2.13. The van der Waals surface area contributed by atoms with Crippen LogP contribution in [0.5, 0.6) is 5.75 Å². The quantitative estimate of drug-likeness (QED) is 0.815. The van der Waals surface area contributed by atoms with E-state index >= 15 is 0 Å². The number of hydrogen-bond acceptors (Lipinski definition) is 3. The molecule has 0 amide bonds. The molecule has 16 heavy (non-hydrogen) atoms. The summed E-state index contributed by atoms with van der Waals surface area (Å²) in [6.07, 6.45) is 1.46. The van der Waals surface area contributed by atoms with E-state index < -0.39 is 12.0 Å². The Morgan fingerprint density at radius 3 is 3.12 bits per heavy atom. The first-order chi connectivity index (χ1) is 7.70. The molecule has 0 aromatic heterocycles. The molecule has 0 radical (unpaired) electrons. The maximum atomic E-state index is 10.9. The van der Waals surface area contributed by atoms with Gasteiger partial charge >= 0.3 is 5.97 Å². The van der Waals surface area contributed by atoms with Crippen LogP contribution in [0.1, 0.15) is 18.9 Å². The highest BCUT2D eigenvalue weighted by Crippen LogP contribution is 2.28. The largest absolute Gasteiger partial charge is 0.493 e. The van der Waals surface area contributed by atoms with Gasteiger partial charge in [-0.2, -0.15) is 0 Å². The Morgan fingerprint density at radius 2 is 2.44 bits per heavy atom. The average molecular weight is 221 g/mol. The van der Waals surface area contributed by atoms with E-state index in [1.807, 2.05) is 25.1 Å². The van der Waals surface area contributed by atoms with E-state index in [2.05, 4.69) is 5.32 Å². The number of anilines is 1. The number of carbonyl (C=O) groups is 1. The van der Waals surface area contributed by atoms with Crippen molar-refractivity contribution in [3.05, 3.63) is 23.8 Å². The smallest absolute Gasteiger partial charge is 0.326 e. The lowest BCUT2D eigenvalue weighted by molar-refractivity contribution is -0.137. The minimum absolute atomic E-state index is 0.527. The first kappa shape index (κ1) is 10.8. The van der Waals surface area contributed by atoms with Gasteiger partial charge in [0.2, 0.25) is 0 Å². The number of carboxylic acid groups (broad SMARTS) is 1. The summed E-state index contributed by atoms with van der Waals surface area (Å²) in [7, 11) is 0. The molecule has 0 spiro atoms. The van der Waals surface area contributed by atoms with Crippen LogP contribution in [-0.2, 0) is 11.2 Å². The van der Waals surface area contributed by atoms with Gasteiger partial charge in [0, 0.05) is 12.1 Å². The summed E-state index contributed by atoms with van der Waals surface area (Å²) >= 11 is 0. The Morgan fingerprint density at radius 1 is 1.62 bits per heavy atom. The van der Waals surface area contributed by atoms with Crippen LogP contribution in [0.25, 0.3) is 0 Å². The van der Waals surface area contributed by atoms with Crippen LogP contribution in [0.3, 0.4) is 0 Å². The monoisotopic (exact) mass is 221 g/mol.